The number of urea groups is 1. The summed E-state index contributed by atoms with van der Waals surface area (Å²) >= 11 is 0. The highest BCUT2D eigenvalue weighted by molar-refractivity contribution is 5.98. The van der Waals surface area contributed by atoms with E-state index < -0.39 is 35.5 Å². The topological polar surface area (TPSA) is 139 Å². The zero-order valence-electron chi connectivity index (χ0n) is 24.6. The zero-order chi connectivity index (χ0) is 30.3. The van der Waals surface area contributed by atoms with E-state index in [1.54, 1.807) is 45.1 Å². The first kappa shape index (κ1) is 31.0. The monoisotopic (exact) mass is 580 g/mol. The third-order valence-electron chi connectivity index (χ3n) is 7.74. The van der Waals surface area contributed by atoms with Gasteiger partial charge in [0.25, 0.3) is 0 Å². The first-order chi connectivity index (χ1) is 20.1. The number of rotatable bonds is 13. The van der Waals surface area contributed by atoms with Crippen molar-refractivity contribution in [3.63, 3.8) is 0 Å². The summed E-state index contributed by atoms with van der Waals surface area (Å²) in [5, 5.41) is 8.38. The van der Waals surface area contributed by atoms with Gasteiger partial charge in [0.1, 0.15) is 23.4 Å². The van der Waals surface area contributed by atoms with Gasteiger partial charge in [-0.1, -0.05) is 42.5 Å². The molecule has 2 aromatic carbocycles. The highest BCUT2D eigenvalue weighted by atomic mass is 16.6. The third kappa shape index (κ3) is 8.07. The summed E-state index contributed by atoms with van der Waals surface area (Å²) in [5.41, 5.74) is 0.710. The second-order valence-corrected chi connectivity index (χ2v) is 11.0. The summed E-state index contributed by atoms with van der Waals surface area (Å²) in [4.78, 5) is 54.6. The lowest BCUT2D eigenvalue weighted by Crippen LogP contribution is -2.57. The molecule has 226 valence electrons. The fraction of sp³-hybridized carbons (Fsp3) is 0.484. The third-order valence-corrected chi connectivity index (χ3v) is 7.74. The predicted molar refractivity (Wildman–Crippen MR) is 155 cm³/mol. The van der Waals surface area contributed by atoms with E-state index in [9.17, 15) is 19.2 Å². The van der Waals surface area contributed by atoms with Gasteiger partial charge >= 0.3 is 6.03 Å². The molecule has 0 aliphatic carbocycles. The number of Topliss-reactive ketones (excluding diaryl/α,β-unsaturated/α-hetero) is 1. The van der Waals surface area contributed by atoms with Crippen LogP contribution in [0, 0.1) is 0 Å². The number of carbonyl (C=O) groups is 4. The summed E-state index contributed by atoms with van der Waals surface area (Å²) < 4.78 is 15.9. The van der Waals surface area contributed by atoms with E-state index in [1.165, 1.54) is 0 Å². The molecule has 2 saturated heterocycles. The second-order valence-electron chi connectivity index (χ2n) is 11.0. The summed E-state index contributed by atoms with van der Waals surface area (Å²) in [5.74, 6) is -0.611. The minimum absolute atomic E-state index is 0.0349. The van der Waals surface area contributed by atoms with Gasteiger partial charge in [0.05, 0.1) is 25.9 Å². The normalized spacial score (nSPS) is 21.5. The van der Waals surface area contributed by atoms with E-state index in [1.807, 2.05) is 42.5 Å². The first-order valence-electron chi connectivity index (χ1n) is 14.2. The predicted octanol–water partition coefficient (Wildman–Crippen LogP) is 1.63. The van der Waals surface area contributed by atoms with Gasteiger partial charge in [-0.05, 0) is 49.9 Å². The van der Waals surface area contributed by atoms with Crippen LogP contribution in [0.2, 0.25) is 0 Å². The molecule has 1 unspecified atom stereocenters. The van der Waals surface area contributed by atoms with Crippen LogP contribution in [0.1, 0.15) is 31.4 Å². The van der Waals surface area contributed by atoms with Gasteiger partial charge in [-0.3, -0.25) is 14.4 Å². The van der Waals surface area contributed by atoms with Crippen molar-refractivity contribution < 1.29 is 33.4 Å². The molecule has 2 fully saturated rings. The Morgan fingerprint density at radius 1 is 0.929 bits per heavy atom. The molecule has 3 N–H and O–H groups in total. The number of hydrogen-bond acceptors (Lipinski definition) is 7. The van der Waals surface area contributed by atoms with Crippen LogP contribution < -0.4 is 20.7 Å². The summed E-state index contributed by atoms with van der Waals surface area (Å²) in [7, 11) is 3.17. The van der Waals surface area contributed by atoms with Crippen molar-refractivity contribution in [2.75, 3.05) is 33.9 Å². The molecule has 2 aliphatic heterocycles. The number of nitrogens with zero attached hydrogens (tertiary/aromatic N) is 1. The summed E-state index contributed by atoms with van der Waals surface area (Å²) in [6, 6.07) is 13.4. The highest BCUT2D eigenvalue weighted by Crippen LogP contribution is 2.29. The number of ether oxygens (including phenoxy) is 3. The van der Waals surface area contributed by atoms with Crippen molar-refractivity contribution >= 4 is 23.6 Å². The van der Waals surface area contributed by atoms with Gasteiger partial charge < -0.3 is 35.1 Å². The Kier molecular flexibility index (Phi) is 10.2. The molecule has 2 heterocycles. The Hall–Kier alpha value is -3.96. The molecular weight excluding hydrogens is 540 g/mol. The van der Waals surface area contributed by atoms with Crippen molar-refractivity contribution in [2.24, 2.45) is 0 Å². The van der Waals surface area contributed by atoms with Gasteiger partial charge in [-0.25, -0.2) is 4.79 Å². The zero-order valence-corrected chi connectivity index (χ0v) is 24.6. The van der Waals surface area contributed by atoms with Crippen molar-refractivity contribution in [3.8, 4) is 5.75 Å². The molecule has 0 spiro atoms. The number of nitrogens with one attached hydrogen (secondary N) is 3. The standard InChI is InChI=1S/C31H40N4O7/c1-20(32-30(39)35-15-14-24(18-35)41-4)28(37)34-26(17-22-10-12-23(40-3)13-11-22)29(38)33-25(27(36)31(2)19-42-31)16-21-8-6-5-7-9-21/h5-13,20,24-26H,14-19H2,1-4H3,(H,32,39)(H,33,38)(H,34,37)/t20-,24?,25-,26-,31+/m0/s1. The minimum Gasteiger partial charge on any atom is -0.497 e. The average molecular weight is 581 g/mol. The van der Waals surface area contributed by atoms with Crippen LogP contribution in [-0.2, 0) is 36.7 Å². The van der Waals surface area contributed by atoms with Crippen LogP contribution in [0.4, 0.5) is 4.79 Å². The van der Waals surface area contributed by atoms with E-state index in [2.05, 4.69) is 16.0 Å². The molecule has 42 heavy (non-hydrogen) atoms. The SMILES string of the molecule is COc1ccc(C[C@H](NC(=O)[C@H](C)NC(=O)N2CCC(OC)C2)C(=O)N[C@@H](Cc2ccccc2)C(=O)[C@@]2(C)CO2)cc1. The van der Waals surface area contributed by atoms with Crippen molar-refractivity contribution in [1.82, 2.24) is 20.9 Å². The average Bonchev–Trinajstić information content (AvgIpc) is 3.56. The van der Waals surface area contributed by atoms with Gasteiger partial charge in [0.2, 0.25) is 11.8 Å². The lowest BCUT2D eigenvalue weighted by atomic mass is 9.94. The van der Waals surface area contributed by atoms with Gasteiger partial charge in [-0.15, -0.1) is 0 Å². The second kappa shape index (κ2) is 13.8. The van der Waals surface area contributed by atoms with Crippen LogP contribution in [-0.4, -0.2) is 92.3 Å². The number of ketones is 1. The number of amides is 4. The molecule has 4 rings (SSSR count). The number of likely N-dealkylation sites (tertiary alicyclic amines) is 1. The molecule has 4 amide bonds. The Morgan fingerprint density at radius 2 is 1.55 bits per heavy atom. The quantitative estimate of drug-likeness (QED) is 0.306. The Labute approximate surface area is 246 Å². The fourth-order valence-electron chi connectivity index (χ4n) is 4.90. The maximum atomic E-state index is 13.7. The Morgan fingerprint density at radius 3 is 2.14 bits per heavy atom. The summed E-state index contributed by atoms with van der Waals surface area (Å²) in [6.07, 6.45) is 1.12. The lowest BCUT2D eigenvalue weighted by molar-refractivity contribution is -0.133. The van der Waals surface area contributed by atoms with Crippen molar-refractivity contribution in [3.05, 3.63) is 65.7 Å². The van der Waals surface area contributed by atoms with Crippen molar-refractivity contribution in [1.29, 1.82) is 0 Å². The smallest absolute Gasteiger partial charge is 0.318 e. The van der Waals surface area contributed by atoms with Gasteiger partial charge in [0.15, 0.2) is 5.78 Å². The van der Waals surface area contributed by atoms with Crippen LogP contribution in [0.15, 0.2) is 54.6 Å². The minimum atomic E-state index is -1.02. The van der Waals surface area contributed by atoms with Crippen LogP contribution in [0.5, 0.6) is 5.75 Å². The lowest BCUT2D eigenvalue weighted by Gasteiger charge is -2.26. The molecule has 11 nitrogen and oxygen atoms in total. The number of benzene rings is 2. The van der Waals surface area contributed by atoms with Gasteiger partial charge in [-0.2, -0.15) is 0 Å². The Balaban J connectivity index is 1.48. The van der Waals surface area contributed by atoms with E-state index >= 15 is 0 Å². The van der Waals surface area contributed by atoms with Crippen LogP contribution >= 0.6 is 0 Å². The Bertz CT molecular complexity index is 1250. The molecule has 11 heteroatoms. The maximum Gasteiger partial charge on any atom is 0.318 e. The van der Waals surface area contributed by atoms with Gasteiger partial charge in [0, 0.05) is 26.6 Å². The largest absolute Gasteiger partial charge is 0.497 e. The molecule has 0 saturated carbocycles. The summed E-state index contributed by atoms with van der Waals surface area (Å²) in [6.45, 7) is 4.53. The number of epoxide rings is 1. The van der Waals surface area contributed by atoms with E-state index in [0.717, 1.165) is 17.5 Å². The van der Waals surface area contributed by atoms with E-state index in [0.29, 0.717) is 25.4 Å². The molecule has 0 aromatic heterocycles. The number of carbonyl (C=O) groups excluding carboxylic acids is 4. The number of hydrogen-bond donors (Lipinski definition) is 3. The molecule has 0 radical (unpaired) electrons. The maximum absolute atomic E-state index is 13.7. The molecule has 0 bridgehead atoms. The van der Waals surface area contributed by atoms with Crippen molar-refractivity contribution in [2.45, 2.75) is 62.9 Å². The fourth-order valence-corrected chi connectivity index (χ4v) is 4.90. The molecule has 5 atom stereocenters. The van der Waals surface area contributed by atoms with E-state index in [-0.39, 0.29) is 30.8 Å². The van der Waals surface area contributed by atoms with Crippen LogP contribution in [0.3, 0.4) is 0 Å². The molecule has 2 aromatic rings. The molecular formula is C31H40N4O7. The number of methoxy groups -OCH3 is 2. The molecule has 2 aliphatic rings. The highest BCUT2D eigenvalue weighted by Gasteiger charge is 2.50. The van der Waals surface area contributed by atoms with E-state index in [4.69, 9.17) is 14.2 Å². The first-order valence-corrected chi connectivity index (χ1v) is 14.2. The van der Waals surface area contributed by atoms with Crippen LogP contribution in [0.25, 0.3) is 0 Å².